The number of carbonyl (C=O) groups excluding carboxylic acids is 1. The van der Waals surface area contributed by atoms with Crippen LogP contribution in [0, 0.1) is 5.92 Å². The minimum atomic E-state index is -0.457. The Balaban J connectivity index is 1.76. The molecule has 2 rings (SSSR count). The molecule has 0 atom stereocenters. The van der Waals surface area contributed by atoms with Gasteiger partial charge in [-0.2, -0.15) is 0 Å². The third-order valence-electron chi connectivity index (χ3n) is 3.88. The van der Waals surface area contributed by atoms with Gasteiger partial charge in [0.1, 0.15) is 0 Å². The summed E-state index contributed by atoms with van der Waals surface area (Å²) in [5, 5.41) is 12.4. The molecule has 0 spiro atoms. The Bertz CT molecular complexity index is 274. The van der Waals surface area contributed by atoms with Crippen molar-refractivity contribution < 1.29 is 14.6 Å². The van der Waals surface area contributed by atoms with Crippen LogP contribution in [-0.2, 0) is 9.53 Å². The van der Waals surface area contributed by atoms with Crippen LogP contribution >= 0.6 is 0 Å². The van der Waals surface area contributed by atoms with Crippen LogP contribution in [0.3, 0.4) is 0 Å². The maximum atomic E-state index is 12.3. The molecule has 5 nitrogen and oxygen atoms in total. The van der Waals surface area contributed by atoms with Crippen molar-refractivity contribution in [2.24, 2.45) is 5.92 Å². The van der Waals surface area contributed by atoms with Crippen molar-refractivity contribution in [3.63, 3.8) is 0 Å². The van der Waals surface area contributed by atoms with Crippen molar-refractivity contribution in [2.45, 2.75) is 38.5 Å². The Hall–Kier alpha value is -0.585. The number of carbonyl (C=O) groups is 1. The number of hydrogen-bond donors (Lipinski definition) is 2. The van der Waals surface area contributed by atoms with Crippen LogP contribution in [0.25, 0.3) is 0 Å². The van der Waals surface area contributed by atoms with E-state index in [2.05, 4.69) is 5.23 Å². The maximum Gasteiger partial charge on any atom is 0.373 e. The summed E-state index contributed by atoms with van der Waals surface area (Å²) >= 11 is 0. The van der Waals surface area contributed by atoms with Gasteiger partial charge < -0.3 is 19.9 Å². The molecular formula is C12H23BN2O3. The van der Waals surface area contributed by atoms with Gasteiger partial charge in [0.15, 0.2) is 0 Å². The van der Waals surface area contributed by atoms with E-state index in [4.69, 9.17) is 4.74 Å². The molecule has 1 heterocycles. The van der Waals surface area contributed by atoms with E-state index in [0.29, 0.717) is 25.2 Å². The lowest BCUT2D eigenvalue weighted by molar-refractivity contribution is -0.140. The van der Waals surface area contributed by atoms with E-state index in [1.54, 1.807) is 6.82 Å². The van der Waals surface area contributed by atoms with Gasteiger partial charge in [-0.15, -0.1) is 0 Å². The summed E-state index contributed by atoms with van der Waals surface area (Å²) in [6.07, 6.45) is 3.82. The van der Waals surface area contributed by atoms with Crippen molar-refractivity contribution in [3.8, 4) is 0 Å². The van der Waals surface area contributed by atoms with Gasteiger partial charge >= 0.3 is 7.05 Å². The highest BCUT2D eigenvalue weighted by molar-refractivity contribution is 6.45. The summed E-state index contributed by atoms with van der Waals surface area (Å²) in [6.45, 7) is 4.57. The van der Waals surface area contributed by atoms with Crippen molar-refractivity contribution >= 4 is 13.0 Å². The maximum absolute atomic E-state index is 12.3. The third-order valence-corrected chi connectivity index (χ3v) is 3.88. The summed E-state index contributed by atoms with van der Waals surface area (Å²) in [6, 6.07) is 0.360. The Morgan fingerprint density at radius 2 is 1.89 bits per heavy atom. The number of amides is 1. The molecule has 102 valence electrons. The average molecular weight is 254 g/mol. The Kier molecular flexibility index (Phi) is 5.03. The summed E-state index contributed by atoms with van der Waals surface area (Å²) in [7, 11) is -0.457. The highest BCUT2D eigenvalue weighted by atomic mass is 16.5. The molecule has 0 aromatic carbocycles. The zero-order valence-electron chi connectivity index (χ0n) is 11.1. The fourth-order valence-electron chi connectivity index (χ4n) is 2.89. The number of nitrogens with zero attached hydrogens (tertiary/aromatic N) is 1. The largest absolute Gasteiger partial charge is 0.437 e. The smallest absolute Gasteiger partial charge is 0.373 e. The van der Waals surface area contributed by atoms with E-state index in [1.807, 2.05) is 4.90 Å². The zero-order chi connectivity index (χ0) is 13.0. The second-order valence-electron chi connectivity index (χ2n) is 5.33. The summed E-state index contributed by atoms with van der Waals surface area (Å²) in [4.78, 5) is 14.2. The molecule has 0 radical (unpaired) electrons. The molecule has 0 aromatic heterocycles. The quantitative estimate of drug-likeness (QED) is 0.701. The van der Waals surface area contributed by atoms with Gasteiger partial charge in [-0.3, -0.25) is 4.79 Å². The topological polar surface area (TPSA) is 61.8 Å². The van der Waals surface area contributed by atoms with E-state index in [9.17, 15) is 9.82 Å². The second kappa shape index (κ2) is 6.54. The van der Waals surface area contributed by atoms with Gasteiger partial charge in [0, 0.05) is 19.0 Å². The molecule has 1 aliphatic heterocycles. The first-order valence-corrected chi connectivity index (χ1v) is 6.97. The van der Waals surface area contributed by atoms with Crippen LogP contribution in [0.4, 0.5) is 0 Å². The van der Waals surface area contributed by atoms with Crippen molar-refractivity contribution in [2.75, 3.05) is 26.3 Å². The minimum Gasteiger partial charge on any atom is -0.437 e. The molecule has 2 fully saturated rings. The number of rotatable bonds is 3. The van der Waals surface area contributed by atoms with Crippen LogP contribution in [-0.4, -0.2) is 55.2 Å². The van der Waals surface area contributed by atoms with Crippen LogP contribution < -0.4 is 5.23 Å². The molecular weight excluding hydrogens is 231 g/mol. The van der Waals surface area contributed by atoms with Crippen LogP contribution in [0.1, 0.15) is 25.7 Å². The fraction of sp³-hybridized carbons (Fsp3) is 0.917. The predicted molar refractivity (Wildman–Crippen MR) is 70.1 cm³/mol. The first kappa shape index (κ1) is 13.8. The SMILES string of the molecule is CB(O)NC1CCC(C(=O)N2CCOCC2)CC1. The first-order chi connectivity index (χ1) is 8.66. The predicted octanol–water partition coefficient (Wildman–Crippen LogP) is 0.104. The van der Waals surface area contributed by atoms with Crippen LogP contribution in [0.5, 0.6) is 0 Å². The number of morpholine rings is 1. The van der Waals surface area contributed by atoms with Gasteiger partial charge in [0.2, 0.25) is 5.91 Å². The summed E-state index contributed by atoms with van der Waals surface area (Å²) in [5.74, 6) is 0.476. The van der Waals surface area contributed by atoms with Crippen molar-refractivity contribution in [1.29, 1.82) is 0 Å². The Morgan fingerprint density at radius 3 is 2.44 bits per heavy atom. The molecule has 2 N–H and O–H groups in total. The van der Waals surface area contributed by atoms with E-state index in [0.717, 1.165) is 38.8 Å². The molecule has 1 amide bonds. The molecule has 1 aliphatic carbocycles. The third kappa shape index (κ3) is 3.70. The van der Waals surface area contributed by atoms with Gasteiger partial charge in [-0.25, -0.2) is 0 Å². The summed E-state index contributed by atoms with van der Waals surface area (Å²) < 4.78 is 5.27. The van der Waals surface area contributed by atoms with Crippen molar-refractivity contribution in [1.82, 2.24) is 10.1 Å². The first-order valence-electron chi connectivity index (χ1n) is 6.97. The molecule has 0 aromatic rings. The lowest BCUT2D eigenvalue weighted by Crippen LogP contribution is -2.47. The molecule has 1 saturated heterocycles. The van der Waals surface area contributed by atoms with Gasteiger partial charge in [0.05, 0.1) is 13.2 Å². The van der Waals surface area contributed by atoms with Crippen LogP contribution in [0.2, 0.25) is 6.82 Å². The number of hydrogen-bond acceptors (Lipinski definition) is 4. The molecule has 18 heavy (non-hydrogen) atoms. The van der Waals surface area contributed by atoms with Crippen molar-refractivity contribution in [3.05, 3.63) is 0 Å². The lowest BCUT2D eigenvalue weighted by atomic mass is 9.80. The highest BCUT2D eigenvalue weighted by Gasteiger charge is 2.30. The van der Waals surface area contributed by atoms with E-state index < -0.39 is 7.05 Å². The minimum absolute atomic E-state index is 0.176. The molecule has 0 unspecified atom stereocenters. The molecule has 2 aliphatic rings. The highest BCUT2D eigenvalue weighted by Crippen LogP contribution is 2.26. The molecule has 0 bridgehead atoms. The average Bonchev–Trinajstić information content (AvgIpc) is 2.39. The second-order valence-corrected chi connectivity index (χ2v) is 5.33. The fourth-order valence-corrected chi connectivity index (χ4v) is 2.89. The standard InChI is InChI=1S/C12H23BN2O3/c1-13(17)14-11-4-2-10(3-5-11)12(16)15-6-8-18-9-7-15/h10-11,14,17H,2-9H2,1H3. The molecule has 1 saturated carbocycles. The van der Waals surface area contributed by atoms with E-state index in [1.165, 1.54) is 0 Å². The number of nitrogens with one attached hydrogen (secondary N) is 1. The number of ether oxygens (including phenoxy) is 1. The van der Waals surface area contributed by atoms with Gasteiger partial charge in [-0.05, 0) is 38.5 Å². The van der Waals surface area contributed by atoms with E-state index >= 15 is 0 Å². The van der Waals surface area contributed by atoms with Gasteiger partial charge in [0.25, 0.3) is 0 Å². The van der Waals surface area contributed by atoms with Crippen LogP contribution in [0.15, 0.2) is 0 Å². The lowest BCUT2D eigenvalue weighted by Gasteiger charge is -2.34. The normalized spacial score (nSPS) is 29.1. The molecule has 6 heteroatoms. The zero-order valence-corrected chi connectivity index (χ0v) is 11.1. The Morgan fingerprint density at radius 1 is 1.28 bits per heavy atom. The monoisotopic (exact) mass is 254 g/mol. The van der Waals surface area contributed by atoms with E-state index in [-0.39, 0.29) is 5.92 Å². The Labute approximate surface area is 109 Å². The summed E-state index contributed by atoms with van der Waals surface area (Å²) in [5.41, 5.74) is 0. The van der Waals surface area contributed by atoms with Gasteiger partial charge in [-0.1, -0.05) is 0 Å².